The summed E-state index contributed by atoms with van der Waals surface area (Å²) in [4.78, 5) is 0. The van der Waals surface area contributed by atoms with Gasteiger partial charge in [-0.15, -0.1) is 0 Å². The molecule has 1 aliphatic rings. The van der Waals surface area contributed by atoms with Crippen LogP contribution in [0.2, 0.25) is 0 Å². The van der Waals surface area contributed by atoms with E-state index in [-0.39, 0.29) is 12.1 Å². The van der Waals surface area contributed by atoms with Crippen molar-refractivity contribution in [1.82, 2.24) is 0 Å². The maximum atomic E-state index is 11.9. The van der Waals surface area contributed by atoms with Crippen molar-refractivity contribution in [2.75, 3.05) is 6.61 Å². The molecule has 3 unspecified atom stereocenters. The summed E-state index contributed by atoms with van der Waals surface area (Å²) < 4.78 is 40.8. The number of hydrogen-bond donors (Lipinski definition) is 2. The molecule has 3 N–H and O–H groups in total. The van der Waals surface area contributed by atoms with Crippen molar-refractivity contribution >= 4 is 0 Å². The number of nitrogens with two attached hydrogens (primary N) is 1. The highest BCUT2D eigenvalue weighted by atomic mass is 19.4. The topological polar surface area (TPSA) is 55.5 Å². The van der Waals surface area contributed by atoms with Gasteiger partial charge in [0.15, 0.2) is 6.10 Å². The molecule has 0 aromatic heterocycles. The molecule has 0 spiro atoms. The van der Waals surface area contributed by atoms with Crippen molar-refractivity contribution in [3.05, 3.63) is 0 Å². The second kappa shape index (κ2) is 5.14. The number of ether oxygens (including phenoxy) is 1. The smallest absolute Gasteiger partial charge is 0.382 e. The summed E-state index contributed by atoms with van der Waals surface area (Å²) in [5.41, 5.74) is 5.65. The average molecular weight is 227 g/mol. The van der Waals surface area contributed by atoms with Crippen molar-refractivity contribution in [2.24, 2.45) is 5.73 Å². The van der Waals surface area contributed by atoms with Gasteiger partial charge in [-0.3, -0.25) is 0 Å². The molecule has 0 aromatic rings. The molecule has 0 saturated heterocycles. The molecule has 1 fully saturated rings. The maximum absolute atomic E-state index is 11.9. The van der Waals surface area contributed by atoms with Crippen LogP contribution in [0.3, 0.4) is 0 Å². The van der Waals surface area contributed by atoms with Crippen LogP contribution in [-0.2, 0) is 4.74 Å². The lowest BCUT2D eigenvalue weighted by Gasteiger charge is -2.27. The van der Waals surface area contributed by atoms with Crippen LogP contribution in [0.5, 0.6) is 0 Å². The summed E-state index contributed by atoms with van der Waals surface area (Å²) in [5, 5.41) is 8.70. The molecule has 0 heterocycles. The van der Waals surface area contributed by atoms with Crippen molar-refractivity contribution in [2.45, 2.75) is 50.1 Å². The highest BCUT2D eigenvalue weighted by Crippen LogP contribution is 2.23. The SMILES string of the molecule is NC1CCCC(OCC(O)C(F)(F)F)C1. The predicted octanol–water partition coefficient (Wildman–Crippen LogP) is 1.20. The number of aliphatic hydroxyl groups excluding tert-OH is 1. The van der Waals surface area contributed by atoms with Crippen LogP contribution >= 0.6 is 0 Å². The first-order chi connectivity index (χ1) is 6.89. The van der Waals surface area contributed by atoms with Crippen LogP contribution in [0, 0.1) is 0 Å². The minimum absolute atomic E-state index is 0.00628. The summed E-state index contributed by atoms with van der Waals surface area (Å²) in [6.45, 7) is -0.694. The third-order valence-corrected chi connectivity index (χ3v) is 2.53. The van der Waals surface area contributed by atoms with Gasteiger partial charge >= 0.3 is 6.18 Å². The Bertz CT molecular complexity index is 198. The van der Waals surface area contributed by atoms with E-state index in [4.69, 9.17) is 15.6 Å². The Hall–Kier alpha value is -0.330. The molecule has 0 aliphatic heterocycles. The van der Waals surface area contributed by atoms with Gasteiger partial charge in [-0.2, -0.15) is 13.2 Å². The van der Waals surface area contributed by atoms with Gasteiger partial charge in [-0.05, 0) is 25.7 Å². The van der Waals surface area contributed by atoms with E-state index in [1.54, 1.807) is 0 Å². The predicted molar refractivity (Wildman–Crippen MR) is 48.2 cm³/mol. The highest BCUT2D eigenvalue weighted by Gasteiger charge is 2.38. The minimum atomic E-state index is -4.60. The van der Waals surface area contributed by atoms with E-state index in [1.165, 1.54) is 0 Å². The van der Waals surface area contributed by atoms with Crippen molar-refractivity contribution < 1.29 is 23.0 Å². The summed E-state index contributed by atoms with van der Waals surface area (Å²) in [6, 6.07) is 0.00628. The number of aliphatic hydroxyl groups is 1. The normalized spacial score (nSPS) is 30.2. The van der Waals surface area contributed by atoms with E-state index < -0.39 is 18.9 Å². The first kappa shape index (κ1) is 12.7. The lowest BCUT2D eigenvalue weighted by Crippen LogP contribution is -2.37. The lowest BCUT2D eigenvalue weighted by molar-refractivity contribution is -0.222. The van der Waals surface area contributed by atoms with E-state index in [1.807, 2.05) is 0 Å². The molecule has 1 saturated carbocycles. The molecule has 3 nitrogen and oxygen atoms in total. The zero-order valence-corrected chi connectivity index (χ0v) is 8.33. The molecule has 0 radical (unpaired) electrons. The van der Waals surface area contributed by atoms with Crippen molar-refractivity contribution in [3.63, 3.8) is 0 Å². The fourth-order valence-corrected chi connectivity index (χ4v) is 1.65. The van der Waals surface area contributed by atoms with Crippen LogP contribution in [0.4, 0.5) is 13.2 Å². The quantitative estimate of drug-likeness (QED) is 0.761. The van der Waals surface area contributed by atoms with E-state index in [0.29, 0.717) is 6.42 Å². The Kier molecular flexibility index (Phi) is 4.36. The number of rotatable bonds is 3. The van der Waals surface area contributed by atoms with Gasteiger partial charge < -0.3 is 15.6 Å². The first-order valence-electron chi connectivity index (χ1n) is 5.01. The van der Waals surface area contributed by atoms with E-state index >= 15 is 0 Å². The third-order valence-electron chi connectivity index (χ3n) is 2.53. The third kappa shape index (κ3) is 4.36. The Morgan fingerprint density at radius 2 is 2.07 bits per heavy atom. The minimum Gasteiger partial charge on any atom is -0.382 e. The standard InChI is InChI=1S/C9H16F3NO2/c10-9(11,12)8(14)5-15-7-3-1-2-6(13)4-7/h6-8,14H,1-5,13H2. The molecular weight excluding hydrogens is 211 g/mol. The fraction of sp³-hybridized carbons (Fsp3) is 1.00. The maximum Gasteiger partial charge on any atom is 0.416 e. The molecule has 0 amide bonds. The summed E-state index contributed by atoms with van der Waals surface area (Å²) >= 11 is 0. The molecule has 0 bridgehead atoms. The second-order valence-corrected chi connectivity index (χ2v) is 3.94. The molecule has 6 heteroatoms. The Morgan fingerprint density at radius 3 is 2.60 bits per heavy atom. The van der Waals surface area contributed by atoms with E-state index in [0.717, 1.165) is 19.3 Å². The molecule has 0 aromatic carbocycles. The Labute approximate surface area is 86.4 Å². The van der Waals surface area contributed by atoms with Crippen LogP contribution in [0.25, 0.3) is 0 Å². The highest BCUT2D eigenvalue weighted by molar-refractivity contribution is 4.76. The summed E-state index contributed by atoms with van der Waals surface area (Å²) in [6.07, 6.45) is -4.18. The zero-order valence-electron chi connectivity index (χ0n) is 8.33. The Morgan fingerprint density at radius 1 is 1.40 bits per heavy atom. The Balaban J connectivity index is 2.24. The number of alkyl halides is 3. The first-order valence-corrected chi connectivity index (χ1v) is 5.01. The zero-order chi connectivity index (χ0) is 11.5. The van der Waals surface area contributed by atoms with Gasteiger partial charge in [-0.25, -0.2) is 0 Å². The van der Waals surface area contributed by atoms with Gasteiger partial charge in [0.2, 0.25) is 0 Å². The van der Waals surface area contributed by atoms with Gasteiger partial charge in [0, 0.05) is 6.04 Å². The molecular formula is C9H16F3NO2. The molecule has 15 heavy (non-hydrogen) atoms. The van der Waals surface area contributed by atoms with Gasteiger partial charge in [-0.1, -0.05) is 0 Å². The number of halogens is 3. The number of hydrogen-bond acceptors (Lipinski definition) is 3. The monoisotopic (exact) mass is 227 g/mol. The molecule has 1 aliphatic carbocycles. The van der Waals surface area contributed by atoms with Crippen LogP contribution in [0.1, 0.15) is 25.7 Å². The molecule has 3 atom stereocenters. The summed E-state index contributed by atoms with van der Waals surface area (Å²) in [7, 11) is 0. The van der Waals surface area contributed by atoms with Gasteiger partial charge in [0.05, 0.1) is 12.7 Å². The van der Waals surface area contributed by atoms with Crippen LogP contribution in [-0.4, -0.2) is 36.1 Å². The van der Waals surface area contributed by atoms with Gasteiger partial charge in [0.1, 0.15) is 0 Å². The van der Waals surface area contributed by atoms with Gasteiger partial charge in [0.25, 0.3) is 0 Å². The van der Waals surface area contributed by atoms with E-state index in [2.05, 4.69) is 0 Å². The van der Waals surface area contributed by atoms with E-state index in [9.17, 15) is 13.2 Å². The van der Waals surface area contributed by atoms with Crippen molar-refractivity contribution in [1.29, 1.82) is 0 Å². The summed E-state index contributed by atoms with van der Waals surface area (Å²) in [5.74, 6) is 0. The lowest BCUT2D eigenvalue weighted by atomic mass is 9.93. The second-order valence-electron chi connectivity index (χ2n) is 3.94. The fourth-order valence-electron chi connectivity index (χ4n) is 1.65. The largest absolute Gasteiger partial charge is 0.416 e. The average Bonchev–Trinajstić information content (AvgIpc) is 2.12. The van der Waals surface area contributed by atoms with Crippen molar-refractivity contribution in [3.8, 4) is 0 Å². The van der Waals surface area contributed by atoms with Crippen LogP contribution < -0.4 is 5.73 Å². The molecule has 90 valence electrons. The van der Waals surface area contributed by atoms with Crippen LogP contribution in [0.15, 0.2) is 0 Å². The molecule has 1 rings (SSSR count).